The molecular weight excluding hydrogens is 640 g/mol. The Morgan fingerprint density at radius 2 is 0.840 bits per heavy atom. The average Bonchev–Trinajstić information content (AvgIpc) is 3.13. The van der Waals surface area contributed by atoms with Gasteiger partial charge in [-0.3, -0.25) is 0 Å². The number of benzene rings is 3. The standard InChI is InChI=1S/C40H46O10/c1-5-37(41)47-27-13-9-7-11-25-45-33-19-15-31(16-20-33)39(43)49-35-23-24-36(30(4)29(35)3)50-40(44)32-17-21-34(22-18-32)46-26-12-8-10-14-28-48-38(42)6-2/h5-6,15-24H,1-2,7-14,25-28H2,3-4H3. The molecule has 0 unspecified atom stereocenters. The minimum absolute atomic E-state index is 0.365. The maximum Gasteiger partial charge on any atom is 0.343 e. The van der Waals surface area contributed by atoms with Crippen LogP contribution in [0, 0.1) is 13.8 Å². The second-order valence-electron chi connectivity index (χ2n) is 11.4. The summed E-state index contributed by atoms with van der Waals surface area (Å²) >= 11 is 0. The highest BCUT2D eigenvalue weighted by atomic mass is 16.5. The number of rotatable bonds is 22. The molecule has 0 aliphatic carbocycles. The van der Waals surface area contributed by atoms with Gasteiger partial charge in [0.15, 0.2) is 0 Å². The molecule has 3 aromatic carbocycles. The molecule has 10 heteroatoms. The summed E-state index contributed by atoms with van der Waals surface area (Å²) in [5.74, 6) is 0.179. The summed E-state index contributed by atoms with van der Waals surface area (Å²) in [4.78, 5) is 47.8. The van der Waals surface area contributed by atoms with Crippen LogP contribution in [0.15, 0.2) is 86.0 Å². The maximum atomic E-state index is 12.9. The minimum Gasteiger partial charge on any atom is -0.494 e. The van der Waals surface area contributed by atoms with Gasteiger partial charge in [-0.1, -0.05) is 13.2 Å². The Morgan fingerprint density at radius 3 is 1.18 bits per heavy atom. The number of ether oxygens (including phenoxy) is 6. The molecule has 3 aromatic rings. The van der Waals surface area contributed by atoms with E-state index >= 15 is 0 Å². The fraction of sp³-hybridized carbons (Fsp3) is 0.350. The van der Waals surface area contributed by atoms with Crippen LogP contribution in [0.3, 0.4) is 0 Å². The van der Waals surface area contributed by atoms with Crippen LogP contribution in [0.5, 0.6) is 23.0 Å². The lowest BCUT2D eigenvalue weighted by molar-refractivity contribution is -0.138. The second-order valence-corrected chi connectivity index (χ2v) is 11.4. The number of hydrogen-bond donors (Lipinski definition) is 0. The van der Waals surface area contributed by atoms with Crippen molar-refractivity contribution in [2.75, 3.05) is 26.4 Å². The summed E-state index contributed by atoms with van der Waals surface area (Å²) in [6.45, 7) is 12.2. The van der Waals surface area contributed by atoms with Crippen molar-refractivity contribution >= 4 is 23.9 Å². The van der Waals surface area contributed by atoms with E-state index in [0.717, 1.165) is 63.5 Å². The van der Waals surface area contributed by atoms with Crippen LogP contribution in [0.2, 0.25) is 0 Å². The topological polar surface area (TPSA) is 124 Å². The van der Waals surface area contributed by atoms with E-state index in [-0.39, 0.29) is 0 Å². The van der Waals surface area contributed by atoms with Crippen molar-refractivity contribution in [2.24, 2.45) is 0 Å². The van der Waals surface area contributed by atoms with Crippen molar-refractivity contribution < 1.29 is 47.6 Å². The van der Waals surface area contributed by atoms with Gasteiger partial charge in [0.05, 0.1) is 37.6 Å². The van der Waals surface area contributed by atoms with E-state index in [1.807, 2.05) is 0 Å². The summed E-state index contributed by atoms with van der Waals surface area (Å²) < 4.78 is 32.8. The van der Waals surface area contributed by atoms with Gasteiger partial charge in [0.1, 0.15) is 23.0 Å². The van der Waals surface area contributed by atoms with E-state index in [9.17, 15) is 19.2 Å². The third-order valence-corrected chi connectivity index (χ3v) is 7.71. The number of esters is 4. The van der Waals surface area contributed by atoms with Gasteiger partial charge >= 0.3 is 23.9 Å². The Kier molecular flexibility index (Phi) is 16.8. The molecule has 0 aromatic heterocycles. The van der Waals surface area contributed by atoms with E-state index in [0.29, 0.717) is 71.7 Å². The summed E-state index contributed by atoms with van der Waals surface area (Å²) in [5, 5.41) is 0. The van der Waals surface area contributed by atoms with Crippen LogP contribution in [-0.2, 0) is 19.1 Å². The van der Waals surface area contributed by atoms with Crippen molar-refractivity contribution in [1.29, 1.82) is 0 Å². The molecule has 50 heavy (non-hydrogen) atoms. The zero-order valence-electron chi connectivity index (χ0n) is 28.9. The highest BCUT2D eigenvalue weighted by Gasteiger charge is 2.17. The summed E-state index contributed by atoms with van der Waals surface area (Å²) in [6, 6.07) is 16.7. The van der Waals surface area contributed by atoms with Crippen LogP contribution in [0.25, 0.3) is 0 Å². The molecule has 0 aliphatic rings. The largest absolute Gasteiger partial charge is 0.494 e. The van der Waals surface area contributed by atoms with Crippen molar-refractivity contribution in [3.8, 4) is 23.0 Å². The molecule has 0 amide bonds. The number of carbonyl (C=O) groups is 4. The Hall–Kier alpha value is -5.38. The highest BCUT2D eigenvalue weighted by Crippen LogP contribution is 2.30. The maximum absolute atomic E-state index is 12.9. The van der Waals surface area contributed by atoms with E-state index < -0.39 is 23.9 Å². The highest BCUT2D eigenvalue weighted by molar-refractivity contribution is 5.92. The lowest BCUT2D eigenvalue weighted by atomic mass is 10.1. The monoisotopic (exact) mass is 686 g/mol. The van der Waals surface area contributed by atoms with Gasteiger partial charge in [-0.2, -0.15) is 0 Å². The first kappa shape index (κ1) is 39.1. The van der Waals surface area contributed by atoms with Gasteiger partial charge in [-0.15, -0.1) is 0 Å². The molecule has 0 heterocycles. The zero-order chi connectivity index (χ0) is 36.1. The van der Waals surface area contributed by atoms with Crippen LogP contribution in [0.1, 0.15) is 83.2 Å². The quantitative estimate of drug-likeness (QED) is 0.0444. The van der Waals surface area contributed by atoms with Crippen molar-refractivity contribution in [3.05, 3.63) is 108 Å². The first-order valence-electron chi connectivity index (χ1n) is 16.8. The zero-order valence-corrected chi connectivity index (χ0v) is 28.9. The van der Waals surface area contributed by atoms with Gasteiger partial charge in [-0.05, 0) is 137 Å². The van der Waals surface area contributed by atoms with Gasteiger partial charge < -0.3 is 28.4 Å². The predicted octanol–water partition coefficient (Wildman–Crippen LogP) is 8.08. The fourth-order valence-corrected chi connectivity index (χ4v) is 4.64. The molecule has 266 valence electrons. The Labute approximate surface area is 294 Å². The van der Waals surface area contributed by atoms with Gasteiger partial charge in [0, 0.05) is 12.2 Å². The molecule has 10 nitrogen and oxygen atoms in total. The third kappa shape index (κ3) is 13.6. The average molecular weight is 687 g/mol. The first-order valence-corrected chi connectivity index (χ1v) is 16.8. The Morgan fingerprint density at radius 1 is 0.500 bits per heavy atom. The van der Waals surface area contributed by atoms with Gasteiger partial charge in [0.25, 0.3) is 0 Å². The molecule has 3 rings (SSSR count). The van der Waals surface area contributed by atoms with E-state index in [2.05, 4.69) is 13.2 Å². The molecule has 0 spiro atoms. The lowest BCUT2D eigenvalue weighted by Crippen LogP contribution is -2.12. The smallest absolute Gasteiger partial charge is 0.343 e. The van der Waals surface area contributed by atoms with Crippen molar-refractivity contribution in [2.45, 2.75) is 65.2 Å². The molecule has 0 N–H and O–H groups in total. The minimum atomic E-state index is -0.519. The molecule has 0 atom stereocenters. The van der Waals surface area contributed by atoms with Crippen LogP contribution in [0.4, 0.5) is 0 Å². The Bertz CT molecular complexity index is 1460. The normalized spacial score (nSPS) is 10.4. The second kappa shape index (κ2) is 21.6. The van der Waals surface area contributed by atoms with Gasteiger partial charge in [0.2, 0.25) is 0 Å². The fourth-order valence-electron chi connectivity index (χ4n) is 4.64. The molecule has 0 saturated heterocycles. The summed E-state index contributed by atoms with van der Waals surface area (Å²) in [6.07, 6.45) is 9.33. The number of carbonyl (C=O) groups excluding carboxylic acids is 4. The van der Waals surface area contributed by atoms with Crippen molar-refractivity contribution in [1.82, 2.24) is 0 Å². The SMILES string of the molecule is C=CC(=O)OCCCCCCOc1ccc(C(=O)Oc2ccc(OC(=O)c3ccc(OCCCCCCOC(=O)C=C)cc3)c(C)c2C)cc1. The molecule has 0 aliphatic heterocycles. The lowest BCUT2D eigenvalue weighted by Gasteiger charge is -2.14. The Balaban J connectivity index is 1.39. The first-order chi connectivity index (χ1) is 24.2. The van der Waals surface area contributed by atoms with E-state index in [1.165, 1.54) is 0 Å². The number of hydrogen-bond acceptors (Lipinski definition) is 10. The molecule has 0 saturated carbocycles. The molecule has 0 bridgehead atoms. The van der Waals surface area contributed by atoms with E-state index in [4.69, 9.17) is 28.4 Å². The van der Waals surface area contributed by atoms with Crippen LogP contribution in [-0.4, -0.2) is 50.3 Å². The summed E-state index contributed by atoms with van der Waals surface area (Å²) in [7, 11) is 0. The molecule has 0 fully saturated rings. The van der Waals surface area contributed by atoms with Crippen LogP contribution >= 0.6 is 0 Å². The van der Waals surface area contributed by atoms with Crippen LogP contribution < -0.4 is 18.9 Å². The number of unbranched alkanes of at least 4 members (excludes halogenated alkanes) is 6. The van der Waals surface area contributed by atoms with E-state index in [1.54, 1.807) is 74.5 Å². The molecular formula is C40H46O10. The van der Waals surface area contributed by atoms with Gasteiger partial charge in [-0.25, -0.2) is 19.2 Å². The third-order valence-electron chi connectivity index (χ3n) is 7.71. The van der Waals surface area contributed by atoms with Crippen molar-refractivity contribution in [3.63, 3.8) is 0 Å². The summed E-state index contributed by atoms with van der Waals surface area (Å²) in [5.41, 5.74) is 2.08. The molecule has 0 radical (unpaired) electrons. The predicted molar refractivity (Wildman–Crippen MR) is 189 cm³/mol.